The lowest BCUT2D eigenvalue weighted by Gasteiger charge is -2.56. The minimum Gasteiger partial charge on any atom is -0.382 e. The van der Waals surface area contributed by atoms with E-state index >= 15 is 0 Å². The molecule has 1 atom stereocenters. The molecule has 5 rings (SSSR count). The van der Waals surface area contributed by atoms with E-state index < -0.39 is 23.2 Å². The first kappa shape index (κ1) is 17.8. The van der Waals surface area contributed by atoms with Gasteiger partial charge in [0.2, 0.25) is 5.78 Å². The fraction of sp³-hybridized carbons (Fsp3) is 0.619. The highest BCUT2D eigenvalue weighted by Crippen LogP contribution is 2.62. The van der Waals surface area contributed by atoms with Gasteiger partial charge in [0.15, 0.2) is 11.9 Å². The Labute approximate surface area is 151 Å². The number of alkyl halides is 2. The highest BCUT2D eigenvalue weighted by atomic mass is 19.3. The van der Waals surface area contributed by atoms with Crippen molar-refractivity contribution < 1.29 is 23.5 Å². The summed E-state index contributed by atoms with van der Waals surface area (Å²) >= 11 is 0. The molecule has 0 heterocycles. The number of benzene rings is 1. The number of hydrogen-bond acceptors (Lipinski definition) is 3. The maximum atomic E-state index is 15.0. The molecule has 0 spiro atoms. The van der Waals surface area contributed by atoms with Crippen molar-refractivity contribution >= 4 is 11.6 Å². The number of carbonyl (C=O) groups is 2. The molecule has 4 bridgehead atoms. The van der Waals surface area contributed by atoms with Gasteiger partial charge in [-0.25, -0.2) is 0 Å². The van der Waals surface area contributed by atoms with Crippen LogP contribution in [0.2, 0.25) is 0 Å². The van der Waals surface area contributed by atoms with Crippen LogP contribution in [0.3, 0.4) is 0 Å². The molecule has 3 nitrogen and oxygen atoms in total. The van der Waals surface area contributed by atoms with E-state index in [9.17, 15) is 23.5 Å². The molecule has 4 aliphatic rings. The average molecular weight is 362 g/mol. The van der Waals surface area contributed by atoms with Gasteiger partial charge in [-0.3, -0.25) is 9.59 Å². The van der Waals surface area contributed by atoms with Crippen molar-refractivity contribution in [1.29, 1.82) is 0 Å². The number of aliphatic hydroxyl groups excluding tert-OH is 1. The maximum absolute atomic E-state index is 15.0. The van der Waals surface area contributed by atoms with Crippen LogP contribution in [0.5, 0.6) is 0 Å². The van der Waals surface area contributed by atoms with Gasteiger partial charge in [-0.2, -0.15) is 8.78 Å². The van der Waals surface area contributed by atoms with Crippen LogP contribution < -0.4 is 0 Å². The van der Waals surface area contributed by atoms with E-state index in [1.807, 2.05) is 0 Å². The minimum absolute atomic E-state index is 0.0296. The van der Waals surface area contributed by atoms with Crippen molar-refractivity contribution in [3.05, 3.63) is 35.4 Å². The van der Waals surface area contributed by atoms with Crippen LogP contribution in [0.15, 0.2) is 24.3 Å². The first-order valence-corrected chi connectivity index (χ1v) is 9.43. The molecule has 0 radical (unpaired) electrons. The van der Waals surface area contributed by atoms with Gasteiger partial charge in [-0.15, -0.1) is 0 Å². The fourth-order valence-electron chi connectivity index (χ4n) is 5.98. The van der Waals surface area contributed by atoms with Crippen LogP contribution in [0.1, 0.15) is 67.5 Å². The minimum atomic E-state index is -3.82. The third kappa shape index (κ3) is 2.72. The van der Waals surface area contributed by atoms with Crippen LogP contribution in [-0.4, -0.2) is 22.6 Å². The number of hydrogen-bond donors (Lipinski definition) is 1. The number of ketones is 2. The van der Waals surface area contributed by atoms with Crippen molar-refractivity contribution in [2.75, 3.05) is 0 Å². The lowest BCUT2D eigenvalue weighted by Crippen LogP contribution is -2.55. The molecule has 5 heteroatoms. The molecule has 140 valence electrons. The van der Waals surface area contributed by atoms with Gasteiger partial charge in [0.25, 0.3) is 0 Å². The van der Waals surface area contributed by atoms with E-state index in [1.165, 1.54) is 31.2 Å². The van der Waals surface area contributed by atoms with Crippen molar-refractivity contribution in [3.63, 3.8) is 0 Å². The van der Waals surface area contributed by atoms with Crippen molar-refractivity contribution in [2.24, 2.45) is 23.2 Å². The summed E-state index contributed by atoms with van der Waals surface area (Å²) < 4.78 is 30.0. The molecule has 0 amide bonds. The highest BCUT2D eigenvalue weighted by Gasteiger charge is 2.62. The Balaban J connectivity index is 1.59. The third-order valence-electron chi connectivity index (χ3n) is 6.80. The normalized spacial score (nSPS) is 33.9. The van der Waals surface area contributed by atoms with E-state index in [-0.39, 0.29) is 11.3 Å². The topological polar surface area (TPSA) is 54.4 Å². The Hall–Kier alpha value is -1.62. The smallest absolute Gasteiger partial charge is 0.335 e. The highest BCUT2D eigenvalue weighted by molar-refractivity contribution is 5.94. The second-order valence-corrected chi connectivity index (χ2v) is 8.73. The van der Waals surface area contributed by atoms with E-state index in [2.05, 4.69) is 0 Å². The Morgan fingerprint density at radius 1 is 1.04 bits per heavy atom. The van der Waals surface area contributed by atoms with Gasteiger partial charge in [-0.1, -0.05) is 24.3 Å². The van der Waals surface area contributed by atoms with E-state index in [0.717, 1.165) is 19.3 Å². The summed E-state index contributed by atoms with van der Waals surface area (Å²) in [5, 5.41) is 10.3. The van der Waals surface area contributed by atoms with E-state index in [1.54, 1.807) is 0 Å². The first-order chi connectivity index (χ1) is 12.2. The molecular formula is C21H24F2O3. The summed E-state index contributed by atoms with van der Waals surface area (Å²) in [7, 11) is 0. The average Bonchev–Trinajstić information content (AvgIpc) is 2.59. The molecule has 1 aromatic carbocycles. The predicted molar refractivity (Wildman–Crippen MR) is 92.0 cm³/mol. The predicted octanol–water partition coefficient (Wildman–Crippen LogP) is 4.34. The Morgan fingerprint density at radius 3 is 1.92 bits per heavy atom. The Bertz CT molecular complexity index is 703. The summed E-state index contributed by atoms with van der Waals surface area (Å²) in [6, 6.07) is 5.43. The van der Waals surface area contributed by atoms with Crippen LogP contribution in [0.4, 0.5) is 8.78 Å². The number of rotatable bonds is 5. The Kier molecular flexibility index (Phi) is 4.07. The monoisotopic (exact) mass is 362 g/mol. The third-order valence-corrected chi connectivity index (χ3v) is 6.80. The standard InChI is InChI=1S/C21H24F2O3/c1-12(24)16-2-4-17(5-3-16)18(25)21(22,23)19(26)20-9-13-6-14(10-20)8-15(7-13)11-20/h2-5,13-15,18,25H,6-11H2,1H3/t13?,14?,15?,18-,20?/m1/s1. The van der Waals surface area contributed by atoms with Crippen LogP contribution in [-0.2, 0) is 4.79 Å². The molecule has 0 aliphatic heterocycles. The van der Waals surface area contributed by atoms with Gasteiger partial charge in [0.05, 0.1) is 0 Å². The van der Waals surface area contributed by atoms with Gasteiger partial charge in [-0.05, 0) is 68.8 Å². The molecular weight excluding hydrogens is 338 g/mol. The zero-order valence-electron chi connectivity index (χ0n) is 14.9. The largest absolute Gasteiger partial charge is 0.382 e. The zero-order chi connectivity index (χ0) is 18.7. The zero-order valence-corrected chi connectivity index (χ0v) is 14.9. The molecule has 1 N–H and O–H groups in total. The maximum Gasteiger partial charge on any atom is 0.335 e. The quantitative estimate of drug-likeness (QED) is 0.793. The van der Waals surface area contributed by atoms with Crippen LogP contribution >= 0.6 is 0 Å². The van der Waals surface area contributed by atoms with E-state index in [4.69, 9.17) is 0 Å². The van der Waals surface area contributed by atoms with Gasteiger partial charge < -0.3 is 5.11 Å². The van der Waals surface area contributed by atoms with Gasteiger partial charge in [0.1, 0.15) is 0 Å². The lowest BCUT2D eigenvalue weighted by atomic mass is 9.48. The SMILES string of the molecule is CC(=O)c1ccc([C@@H](O)C(F)(F)C(=O)C23CC4CC(CC(C4)C2)C3)cc1. The molecule has 0 saturated heterocycles. The van der Waals surface area contributed by atoms with E-state index in [0.29, 0.717) is 42.6 Å². The fourth-order valence-corrected chi connectivity index (χ4v) is 5.98. The van der Waals surface area contributed by atoms with Crippen molar-refractivity contribution in [1.82, 2.24) is 0 Å². The Morgan fingerprint density at radius 2 is 1.50 bits per heavy atom. The molecule has 4 aliphatic carbocycles. The van der Waals surface area contributed by atoms with Crippen molar-refractivity contribution in [2.45, 2.75) is 57.5 Å². The second kappa shape index (κ2) is 5.95. The number of carbonyl (C=O) groups excluding carboxylic acids is 2. The number of halogens is 2. The first-order valence-electron chi connectivity index (χ1n) is 9.43. The van der Waals surface area contributed by atoms with Crippen LogP contribution in [0, 0.1) is 23.2 Å². The molecule has 1 aromatic rings. The summed E-state index contributed by atoms with van der Waals surface area (Å²) in [5.74, 6) is -3.92. The second-order valence-electron chi connectivity index (χ2n) is 8.73. The summed E-state index contributed by atoms with van der Waals surface area (Å²) in [6.07, 6.45) is 2.65. The molecule has 26 heavy (non-hydrogen) atoms. The molecule has 4 fully saturated rings. The number of aliphatic hydroxyl groups is 1. The van der Waals surface area contributed by atoms with Crippen LogP contribution in [0.25, 0.3) is 0 Å². The summed E-state index contributed by atoms with van der Waals surface area (Å²) in [6.45, 7) is 1.39. The van der Waals surface area contributed by atoms with Crippen molar-refractivity contribution in [3.8, 4) is 0 Å². The molecule has 0 unspecified atom stereocenters. The van der Waals surface area contributed by atoms with Gasteiger partial charge >= 0.3 is 5.92 Å². The molecule has 4 saturated carbocycles. The summed E-state index contributed by atoms with van der Waals surface area (Å²) in [4.78, 5) is 24.3. The lowest BCUT2D eigenvalue weighted by molar-refractivity contribution is -0.185. The summed E-state index contributed by atoms with van der Waals surface area (Å²) in [5.41, 5.74) is -0.604. The molecule has 0 aromatic heterocycles. The number of Topliss-reactive ketones (excluding diaryl/α,β-unsaturated/α-hetero) is 2. The van der Waals surface area contributed by atoms with Gasteiger partial charge in [0, 0.05) is 11.0 Å².